The van der Waals surface area contributed by atoms with E-state index in [1.54, 1.807) is 7.11 Å². The third-order valence-corrected chi connectivity index (χ3v) is 3.28. The largest absolute Gasteiger partial charge is 0.495 e. The molecule has 0 heterocycles. The summed E-state index contributed by atoms with van der Waals surface area (Å²) in [4.78, 5) is 11.2. The van der Waals surface area contributed by atoms with Crippen LogP contribution in [0, 0.1) is 25.7 Å². The molecule has 4 nitrogen and oxygen atoms in total. The van der Waals surface area contributed by atoms with Gasteiger partial charge in [0.15, 0.2) is 0 Å². The molecule has 2 N–H and O–H groups in total. The summed E-state index contributed by atoms with van der Waals surface area (Å²) in [6, 6.07) is 4.00. The van der Waals surface area contributed by atoms with E-state index in [-0.39, 0.29) is 5.92 Å². The summed E-state index contributed by atoms with van der Waals surface area (Å²) in [5, 5.41) is 12.4. The number of carbonyl (C=O) groups is 1. The fraction of sp³-hybridized carbons (Fsp3) is 0.533. The number of methoxy groups -OCH3 is 1. The first-order chi connectivity index (χ1) is 8.86. The first-order valence-corrected chi connectivity index (χ1v) is 6.48. The second-order valence-corrected chi connectivity index (χ2v) is 5.23. The van der Waals surface area contributed by atoms with Crippen LogP contribution in [0.2, 0.25) is 0 Å². The van der Waals surface area contributed by atoms with Gasteiger partial charge >= 0.3 is 5.97 Å². The van der Waals surface area contributed by atoms with Crippen molar-refractivity contribution >= 4 is 11.7 Å². The molecule has 0 aliphatic rings. The molecular formula is C15H23NO3. The Balaban J connectivity index is 2.90. The van der Waals surface area contributed by atoms with Crippen LogP contribution in [0.3, 0.4) is 0 Å². The Kier molecular flexibility index (Phi) is 5.21. The number of aryl methyl sites for hydroxylation is 2. The average molecular weight is 265 g/mol. The maximum Gasteiger partial charge on any atom is 0.308 e. The van der Waals surface area contributed by atoms with Crippen LogP contribution in [-0.4, -0.2) is 24.7 Å². The Hall–Kier alpha value is -1.71. The maximum atomic E-state index is 11.2. The number of carboxylic acid groups (broad SMARTS) is 1. The fourth-order valence-corrected chi connectivity index (χ4v) is 2.14. The van der Waals surface area contributed by atoms with Gasteiger partial charge in [-0.05, 0) is 37.0 Å². The molecule has 0 radical (unpaired) electrons. The molecule has 0 fully saturated rings. The highest BCUT2D eigenvalue weighted by molar-refractivity contribution is 5.72. The van der Waals surface area contributed by atoms with Crippen molar-refractivity contribution in [2.75, 3.05) is 19.0 Å². The predicted octanol–water partition coefficient (Wildman–Crippen LogP) is 3.08. The first kappa shape index (κ1) is 15.3. The number of rotatable bonds is 6. The third-order valence-electron chi connectivity index (χ3n) is 3.28. The standard InChI is InChI=1S/C15H23NO3/c1-9(2)12(15(17)18)8-16-14-11(4)6-10(3)7-13(14)19-5/h6-7,9,12,16H,8H2,1-5H3,(H,17,18). The van der Waals surface area contributed by atoms with E-state index in [2.05, 4.69) is 11.4 Å². The number of carboxylic acids is 1. The Morgan fingerprint density at radius 2 is 2.00 bits per heavy atom. The van der Waals surface area contributed by atoms with Crippen LogP contribution in [-0.2, 0) is 4.79 Å². The van der Waals surface area contributed by atoms with Crippen LogP contribution in [0.25, 0.3) is 0 Å². The number of nitrogens with one attached hydrogen (secondary N) is 1. The quantitative estimate of drug-likeness (QED) is 0.830. The molecule has 19 heavy (non-hydrogen) atoms. The first-order valence-electron chi connectivity index (χ1n) is 6.48. The van der Waals surface area contributed by atoms with E-state index in [0.29, 0.717) is 6.54 Å². The molecule has 0 amide bonds. The summed E-state index contributed by atoms with van der Waals surface area (Å²) in [7, 11) is 1.62. The highest BCUT2D eigenvalue weighted by Crippen LogP contribution is 2.30. The molecule has 0 saturated carbocycles. The van der Waals surface area contributed by atoms with Crippen molar-refractivity contribution < 1.29 is 14.6 Å². The number of anilines is 1. The number of aliphatic carboxylic acids is 1. The van der Waals surface area contributed by atoms with Gasteiger partial charge in [-0.1, -0.05) is 19.9 Å². The zero-order valence-corrected chi connectivity index (χ0v) is 12.3. The minimum absolute atomic E-state index is 0.0850. The lowest BCUT2D eigenvalue weighted by Crippen LogP contribution is -2.27. The molecule has 1 atom stereocenters. The maximum absolute atomic E-state index is 11.2. The summed E-state index contributed by atoms with van der Waals surface area (Å²) in [5.41, 5.74) is 3.06. The minimum atomic E-state index is -0.772. The zero-order chi connectivity index (χ0) is 14.6. The lowest BCUT2D eigenvalue weighted by molar-refractivity contribution is -0.142. The zero-order valence-electron chi connectivity index (χ0n) is 12.3. The SMILES string of the molecule is COc1cc(C)cc(C)c1NCC(C(=O)O)C(C)C. The molecule has 1 aromatic rings. The monoisotopic (exact) mass is 265 g/mol. The van der Waals surface area contributed by atoms with Crippen LogP contribution >= 0.6 is 0 Å². The molecule has 0 spiro atoms. The van der Waals surface area contributed by atoms with Crippen LogP contribution in [0.15, 0.2) is 12.1 Å². The molecule has 1 unspecified atom stereocenters. The molecule has 1 rings (SSSR count). The van der Waals surface area contributed by atoms with Gasteiger partial charge < -0.3 is 15.2 Å². The Labute approximate surface area is 114 Å². The summed E-state index contributed by atoms with van der Waals surface area (Å²) in [5.74, 6) is -0.344. The van der Waals surface area contributed by atoms with E-state index in [1.807, 2.05) is 33.8 Å². The van der Waals surface area contributed by atoms with Gasteiger partial charge in [0.1, 0.15) is 5.75 Å². The predicted molar refractivity (Wildman–Crippen MR) is 76.9 cm³/mol. The minimum Gasteiger partial charge on any atom is -0.495 e. The Morgan fingerprint density at radius 3 is 2.47 bits per heavy atom. The molecule has 4 heteroatoms. The van der Waals surface area contributed by atoms with Crippen LogP contribution in [0.4, 0.5) is 5.69 Å². The van der Waals surface area contributed by atoms with Crippen molar-refractivity contribution in [3.05, 3.63) is 23.3 Å². The van der Waals surface area contributed by atoms with Gasteiger partial charge in [-0.15, -0.1) is 0 Å². The summed E-state index contributed by atoms with van der Waals surface area (Å²) in [6.07, 6.45) is 0. The molecule has 0 aromatic heterocycles. The highest BCUT2D eigenvalue weighted by Gasteiger charge is 2.21. The van der Waals surface area contributed by atoms with Crippen LogP contribution < -0.4 is 10.1 Å². The van der Waals surface area contributed by atoms with E-state index in [1.165, 1.54) is 0 Å². The summed E-state index contributed by atoms with van der Waals surface area (Å²) in [6.45, 7) is 8.23. The Morgan fingerprint density at radius 1 is 1.37 bits per heavy atom. The summed E-state index contributed by atoms with van der Waals surface area (Å²) < 4.78 is 5.35. The van der Waals surface area contributed by atoms with Crippen molar-refractivity contribution in [3.8, 4) is 5.75 Å². The van der Waals surface area contributed by atoms with Crippen molar-refractivity contribution in [1.82, 2.24) is 0 Å². The van der Waals surface area contributed by atoms with E-state index in [9.17, 15) is 9.90 Å². The van der Waals surface area contributed by atoms with E-state index in [0.717, 1.165) is 22.6 Å². The summed E-state index contributed by atoms with van der Waals surface area (Å²) >= 11 is 0. The van der Waals surface area contributed by atoms with Crippen LogP contribution in [0.1, 0.15) is 25.0 Å². The molecule has 1 aromatic carbocycles. The molecular weight excluding hydrogens is 242 g/mol. The topological polar surface area (TPSA) is 58.6 Å². The molecule has 106 valence electrons. The van der Waals surface area contributed by atoms with Crippen molar-refractivity contribution in [1.29, 1.82) is 0 Å². The number of benzene rings is 1. The van der Waals surface area contributed by atoms with Crippen molar-refractivity contribution in [3.63, 3.8) is 0 Å². The van der Waals surface area contributed by atoms with Crippen molar-refractivity contribution in [2.45, 2.75) is 27.7 Å². The third kappa shape index (κ3) is 3.88. The molecule has 0 aliphatic carbocycles. The van der Waals surface area contributed by atoms with Gasteiger partial charge in [-0.2, -0.15) is 0 Å². The molecule has 0 aliphatic heterocycles. The van der Waals surface area contributed by atoms with E-state index >= 15 is 0 Å². The fourth-order valence-electron chi connectivity index (χ4n) is 2.14. The smallest absolute Gasteiger partial charge is 0.308 e. The normalized spacial score (nSPS) is 12.3. The van der Waals surface area contributed by atoms with Gasteiger partial charge in [0.2, 0.25) is 0 Å². The van der Waals surface area contributed by atoms with Crippen molar-refractivity contribution in [2.24, 2.45) is 11.8 Å². The molecule has 0 bridgehead atoms. The van der Waals surface area contributed by atoms with Gasteiger partial charge in [0.05, 0.1) is 18.7 Å². The highest BCUT2D eigenvalue weighted by atomic mass is 16.5. The van der Waals surface area contributed by atoms with E-state index < -0.39 is 11.9 Å². The van der Waals surface area contributed by atoms with E-state index in [4.69, 9.17) is 4.74 Å². The number of hydrogen-bond donors (Lipinski definition) is 2. The van der Waals surface area contributed by atoms with Crippen LogP contribution in [0.5, 0.6) is 5.75 Å². The van der Waals surface area contributed by atoms with Gasteiger partial charge in [0, 0.05) is 6.54 Å². The molecule has 0 saturated heterocycles. The lowest BCUT2D eigenvalue weighted by Gasteiger charge is -2.20. The van der Waals surface area contributed by atoms with Gasteiger partial charge in [-0.3, -0.25) is 4.79 Å². The number of ether oxygens (including phenoxy) is 1. The lowest BCUT2D eigenvalue weighted by atomic mass is 9.96. The second kappa shape index (κ2) is 6.45. The Bertz CT molecular complexity index is 455. The van der Waals surface area contributed by atoms with Gasteiger partial charge in [-0.25, -0.2) is 0 Å². The number of hydrogen-bond acceptors (Lipinski definition) is 3. The van der Waals surface area contributed by atoms with Gasteiger partial charge in [0.25, 0.3) is 0 Å². The average Bonchev–Trinajstić information content (AvgIpc) is 2.30. The second-order valence-electron chi connectivity index (χ2n) is 5.23.